The second-order valence-corrected chi connectivity index (χ2v) is 11.6. The quantitative estimate of drug-likeness (QED) is 0.569. The molecule has 3 heteroatoms. The Morgan fingerprint density at radius 1 is 1.07 bits per heavy atom. The van der Waals surface area contributed by atoms with E-state index in [9.17, 15) is 0 Å². The van der Waals surface area contributed by atoms with Gasteiger partial charge in [0.05, 0.1) is 0 Å². The molecule has 0 saturated heterocycles. The minimum absolute atomic E-state index is 0.0230. The van der Waals surface area contributed by atoms with Gasteiger partial charge in [-0.05, 0) is 50.6 Å². The maximum atomic E-state index is 6.40. The lowest BCUT2D eigenvalue weighted by atomic mass is 10.2. The molecule has 92 valence electrons. The lowest BCUT2D eigenvalue weighted by molar-refractivity contribution is 0.109. The van der Waals surface area contributed by atoms with Gasteiger partial charge in [0.25, 0.3) is 0 Å². The summed E-state index contributed by atoms with van der Waals surface area (Å²) in [5.74, 6) is 0.964. The Morgan fingerprint density at radius 3 is 1.80 bits per heavy atom. The SMILES string of the molecule is CC(C)(C)O[Si](C)(CCCS)C(C)(C)C. The van der Waals surface area contributed by atoms with E-state index in [0.717, 1.165) is 5.75 Å². The molecular weight excluding hydrogens is 220 g/mol. The first-order valence-corrected chi connectivity index (χ1v) is 9.08. The third-order valence-electron chi connectivity index (χ3n) is 2.93. The van der Waals surface area contributed by atoms with E-state index in [1.54, 1.807) is 0 Å². The van der Waals surface area contributed by atoms with Crippen molar-refractivity contribution in [1.29, 1.82) is 0 Å². The fourth-order valence-corrected chi connectivity index (χ4v) is 5.49. The van der Waals surface area contributed by atoms with Crippen molar-refractivity contribution in [1.82, 2.24) is 0 Å². The molecule has 0 amide bonds. The molecule has 0 N–H and O–H groups in total. The average molecular weight is 249 g/mol. The first-order valence-electron chi connectivity index (χ1n) is 5.83. The third-order valence-corrected chi connectivity index (χ3v) is 8.79. The van der Waals surface area contributed by atoms with Crippen LogP contribution in [0.4, 0.5) is 0 Å². The van der Waals surface area contributed by atoms with E-state index in [1.165, 1.54) is 12.5 Å². The zero-order valence-corrected chi connectivity index (χ0v) is 13.4. The van der Waals surface area contributed by atoms with Crippen molar-refractivity contribution in [2.75, 3.05) is 5.75 Å². The monoisotopic (exact) mass is 248 g/mol. The van der Waals surface area contributed by atoms with Crippen LogP contribution in [0.5, 0.6) is 0 Å². The van der Waals surface area contributed by atoms with E-state index in [2.05, 4.69) is 60.7 Å². The van der Waals surface area contributed by atoms with Gasteiger partial charge in [-0.25, -0.2) is 0 Å². The van der Waals surface area contributed by atoms with Crippen molar-refractivity contribution in [2.45, 2.75) is 71.2 Å². The zero-order chi connectivity index (χ0) is 12.3. The summed E-state index contributed by atoms with van der Waals surface area (Å²) in [7, 11) is -1.66. The Bertz CT molecular complexity index is 193. The smallest absolute Gasteiger partial charge is 0.195 e. The molecular formula is C12H28OSSi. The summed E-state index contributed by atoms with van der Waals surface area (Å²) in [5.41, 5.74) is -0.0230. The van der Waals surface area contributed by atoms with E-state index in [4.69, 9.17) is 4.43 Å². The fraction of sp³-hybridized carbons (Fsp3) is 1.00. The van der Waals surface area contributed by atoms with Crippen LogP contribution in [0.3, 0.4) is 0 Å². The molecule has 0 rings (SSSR count). The number of hydrogen-bond acceptors (Lipinski definition) is 2. The number of thiol groups is 1. The van der Waals surface area contributed by atoms with Crippen LogP contribution in [0.25, 0.3) is 0 Å². The summed E-state index contributed by atoms with van der Waals surface area (Å²) in [4.78, 5) is 0. The van der Waals surface area contributed by atoms with E-state index in [-0.39, 0.29) is 5.60 Å². The Hall–Kier alpha value is 0.527. The summed E-state index contributed by atoms with van der Waals surface area (Å²) in [6.45, 7) is 15.8. The Labute approximate surface area is 103 Å². The van der Waals surface area contributed by atoms with Crippen LogP contribution in [0.2, 0.25) is 17.6 Å². The maximum Gasteiger partial charge on any atom is 0.195 e. The van der Waals surface area contributed by atoms with Gasteiger partial charge in [-0.15, -0.1) is 0 Å². The van der Waals surface area contributed by atoms with Gasteiger partial charge in [0, 0.05) is 5.60 Å². The summed E-state index contributed by atoms with van der Waals surface area (Å²) in [6, 6.07) is 1.21. The molecule has 0 spiro atoms. The van der Waals surface area contributed by atoms with E-state index < -0.39 is 8.32 Å². The highest BCUT2D eigenvalue weighted by Gasteiger charge is 2.43. The highest BCUT2D eigenvalue weighted by molar-refractivity contribution is 7.80. The van der Waals surface area contributed by atoms with Crippen LogP contribution >= 0.6 is 12.6 Å². The van der Waals surface area contributed by atoms with Crippen molar-refractivity contribution in [3.8, 4) is 0 Å². The molecule has 15 heavy (non-hydrogen) atoms. The molecule has 0 saturated carbocycles. The first-order chi connectivity index (χ1) is 6.52. The third kappa shape index (κ3) is 5.41. The van der Waals surface area contributed by atoms with Crippen molar-refractivity contribution < 1.29 is 4.43 Å². The molecule has 0 aliphatic rings. The fourth-order valence-electron chi connectivity index (χ4n) is 1.67. The van der Waals surface area contributed by atoms with Crippen LogP contribution in [0.15, 0.2) is 0 Å². The van der Waals surface area contributed by atoms with E-state index in [0.29, 0.717) is 5.04 Å². The van der Waals surface area contributed by atoms with Crippen LogP contribution in [0.1, 0.15) is 48.0 Å². The van der Waals surface area contributed by atoms with Gasteiger partial charge in [-0.3, -0.25) is 0 Å². The molecule has 1 nitrogen and oxygen atoms in total. The normalized spacial score (nSPS) is 17.6. The number of rotatable bonds is 4. The molecule has 1 unspecified atom stereocenters. The highest BCUT2D eigenvalue weighted by atomic mass is 32.1. The molecule has 0 fully saturated rings. The van der Waals surface area contributed by atoms with E-state index >= 15 is 0 Å². The van der Waals surface area contributed by atoms with E-state index in [1.807, 2.05) is 0 Å². The maximum absolute atomic E-state index is 6.40. The predicted octanol–water partition coefficient (Wildman–Crippen LogP) is 4.50. The van der Waals surface area contributed by atoms with Crippen molar-refractivity contribution >= 4 is 20.9 Å². The van der Waals surface area contributed by atoms with Gasteiger partial charge in [0.15, 0.2) is 8.32 Å². The largest absolute Gasteiger partial charge is 0.412 e. The lowest BCUT2D eigenvalue weighted by Gasteiger charge is -2.44. The van der Waals surface area contributed by atoms with Gasteiger partial charge >= 0.3 is 0 Å². The second-order valence-electron chi connectivity index (χ2n) is 6.52. The molecule has 0 bridgehead atoms. The lowest BCUT2D eigenvalue weighted by Crippen LogP contribution is -2.49. The first kappa shape index (κ1) is 15.5. The zero-order valence-electron chi connectivity index (χ0n) is 11.5. The van der Waals surface area contributed by atoms with Gasteiger partial charge in [-0.1, -0.05) is 20.8 Å². The number of hydrogen-bond donors (Lipinski definition) is 1. The molecule has 0 radical (unpaired) electrons. The Morgan fingerprint density at radius 2 is 1.53 bits per heavy atom. The predicted molar refractivity (Wildman–Crippen MR) is 75.4 cm³/mol. The molecule has 1 atom stereocenters. The van der Waals surface area contributed by atoms with Crippen LogP contribution in [0, 0.1) is 0 Å². The van der Waals surface area contributed by atoms with Gasteiger partial charge in [0.1, 0.15) is 0 Å². The molecule has 0 aliphatic heterocycles. The highest BCUT2D eigenvalue weighted by Crippen LogP contribution is 2.42. The van der Waals surface area contributed by atoms with Crippen molar-refractivity contribution in [2.24, 2.45) is 0 Å². The van der Waals surface area contributed by atoms with Crippen LogP contribution in [-0.2, 0) is 4.43 Å². The van der Waals surface area contributed by atoms with Crippen molar-refractivity contribution in [3.05, 3.63) is 0 Å². The molecule has 0 aliphatic carbocycles. The average Bonchev–Trinajstić information content (AvgIpc) is 1.95. The standard InChI is InChI=1S/C12H28OSSi/c1-11(2,3)13-15(7,10-8-9-14)12(4,5)6/h14H,8-10H2,1-7H3. The molecule has 0 aromatic heterocycles. The molecule has 0 heterocycles. The summed E-state index contributed by atoms with van der Waals surface area (Å²) in [6.07, 6.45) is 1.17. The second kappa shape index (κ2) is 5.24. The topological polar surface area (TPSA) is 9.23 Å². The summed E-state index contributed by atoms with van der Waals surface area (Å²) in [5, 5.41) is 0.295. The Kier molecular flexibility index (Phi) is 5.42. The summed E-state index contributed by atoms with van der Waals surface area (Å²) < 4.78 is 6.40. The van der Waals surface area contributed by atoms with Crippen LogP contribution < -0.4 is 0 Å². The van der Waals surface area contributed by atoms with Crippen LogP contribution in [-0.4, -0.2) is 19.7 Å². The van der Waals surface area contributed by atoms with Gasteiger partial charge in [0.2, 0.25) is 0 Å². The summed E-state index contributed by atoms with van der Waals surface area (Å²) >= 11 is 4.31. The van der Waals surface area contributed by atoms with Gasteiger partial charge < -0.3 is 4.43 Å². The minimum Gasteiger partial charge on any atom is -0.412 e. The minimum atomic E-state index is -1.66. The van der Waals surface area contributed by atoms with Gasteiger partial charge in [-0.2, -0.15) is 12.6 Å². The molecule has 0 aromatic carbocycles. The Balaban J connectivity index is 4.71. The molecule has 0 aromatic rings. The van der Waals surface area contributed by atoms with Crippen molar-refractivity contribution in [3.63, 3.8) is 0 Å².